The molecule has 26 heavy (non-hydrogen) atoms. The molecule has 0 aliphatic carbocycles. The number of nitrogens with zero attached hydrogens (tertiary/aromatic N) is 2. The number of carbonyl (C=O) groups excluding carboxylic acids is 1. The fourth-order valence-corrected chi connectivity index (χ4v) is 4.74. The van der Waals surface area contributed by atoms with Gasteiger partial charge in [-0.1, -0.05) is 17.7 Å². The molecule has 138 valence electrons. The molecule has 1 aliphatic heterocycles. The van der Waals surface area contributed by atoms with E-state index in [0.717, 1.165) is 5.56 Å². The van der Waals surface area contributed by atoms with Gasteiger partial charge in [0.2, 0.25) is 15.9 Å². The summed E-state index contributed by atoms with van der Waals surface area (Å²) in [5.74, 6) is -0.218. The van der Waals surface area contributed by atoms with Crippen LogP contribution in [0, 0.1) is 5.92 Å². The van der Waals surface area contributed by atoms with E-state index < -0.39 is 10.0 Å². The first-order valence-corrected chi connectivity index (χ1v) is 10.2. The Bertz CT molecular complexity index is 866. The van der Waals surface area contributed by atoms with E-state index in [1.165, 1.54) is 16.4 Å². The highest BCUT2D eigenvalue weighted by molar-refractivity contribution is 7.89. The molecule has 1 amide bonds. The number of hydrogen-bond acceptors (Lipinski definition) is 4. The van der Waals surface area contributed by atoms with Gasteiger partial charge in [0, 0.05) is 43.0 Å². The summed E-state index contributed by atoms with van der Waals surface area (Å²) in [5, 5.41) is 3.29. The van der Waals surface area contributed by atoms with Crippen LogP contribution in [0.1, 0.15) is 18.4 Å². The third kappa shape index (κ3) is 4.41. The molecule has 1 saturated heterocycles. The van der Waals surface area contributed by atoms with Crippen LogP contribution in [0.25, 0.3) is 0 Å². The van der Waals surface area contributed by atoms with Crippen molar-refractivity contribution in [3.8, 4) is 0 Å². The number of amides is 1. The Hall–Kier alpha value is -1.96. The number of piperidine rings is 1. The predicted octanol–water partition coefficient (Wildman–Crippen LogP) is 2.45. The fraction of sp³-hybridized carbons (Fsp3) is 0.333. The van der Waals surface area contributed by atoms with E-state index in [1.807, 2.05) is 12.1 Å². The Morgan fingerprint density at radius 3 is 2.54 bits per heavy atom. The third-order valence-corrected chi connectivity index (χ3v) is 6.60. The van der Waals surface area contributed by atoms with Crippen molar-refractivity contribution in [1.82, 2.24) is 14.6 Å². The lowest BCUT2D eigenvalue weighted by molar-refractivity contribution is -0.126. The van der Waals surface area contributed by atoms with Gasteiger partial charge in [0.05, 0.1) is 4.90 Å². The summed E-state index contributed by atoms with van der Waals surface area (Å²) < 4.78 is 26.8. The molecule has 0 saturated carbocycles. The van der Waals surface area contributed by atoms with E-state index in [1.54, 1.807) is 24.5 Å². The zero-order valence-corrected chi connectivity index (χ0v) is 15.7. The van der Waals surface area contributed by atoms with Gasteiger partial charge in [-0.2, -0.15) is 4.31 Å². The Balaban J connectivity index is 1.56. The van der Waals surface area contributed by atoms with Crippen LogP contribution in [0.5, 0.6) is 0 Å². The van der Waals surface area contributed by atoms with Crippen LogP contribution in [-0.2, 0) is 21.4 Å². The molecule has 8 heteroatoms. The molecule has 1 fully saturated rings. The molecular formula is C18H20ClN3O3S. The zero-order chi connectivity index (χ0) is 18.6. The minimum absolute atomic E-state index is 0.0402. The molecule has 0 atom stereocenters. The summed E-state index contributed by atoms with van der Waals surface area (Å²) >= 11 is 5.90. The molecule has 2 aromatic rings. The van der Waals surface area contributed by atoms with E-state index >= 15 is 0 Å². The van der Waals surface area contributed by atoms with Crippen molar-refractivity contribution in [3.05, 3.63) is 59.4 Å². The fourth-order valence-electron chi connectivity index (χ4n) is 2.97. The SMILES string of the molecule is O=C(NCc1ccncc1)C1CCN(S(=O)(=O)c2cccc(Cl)c2)CC1. The number of hydrogen-bond donors (Lipinski definition) is 1. The van der Waals surface area contributed by atoms with Crippen LogP contribution < -0.4 is 5.32 Å². The van der Waals surface area contributed by atoms with Gasteiger partial charge in [-0.15, -0.1) is 0 Å². The molecule has 1 aliphatic rings. The van der Waals surface area contributed by atoms with E-state index in [0.29, 0.717) is 37.5 Å². The van der Waals surface area contributed by atoms with E-state index in [4.69, 9.17) is 11.6 Å². The predicted molar refractivity (Wildman–Crippen MR) is 99.0 cm³/mol. The lowest BCUT2D eigenvalue weighted by atomic mass is 9.97. The lowest BCUT2D eigenvalue weighted by Gasteiger charge is -2.30. The van der Waals surface area contributed by atoms with Crippen LogP contribution in [-0.4, -0.2) is 36.7 Å². The summed E-state index contributed by atoms with van der Waals surface area (Å²) in [6.45, 7) is 1.09. The van der Waals surface area contributed by atoms with Gasteiger partial charge in [-0.3, -0.25) is 9.78 Å². The number of benzene rings is 1. The topological polar surface area (TPSA) is 79.4 Å². The highest BCUT2D eigenvalue weighted by Crippen LogP contribution is 2.25. The Morgan fingerprint density at radius 1 is 1.19 bits per heavy atom. The van der Waals surface area contributed by atoms with Gasteiger partial charge < -0.3 is 5.32 Å². The van der Waals surface area contributed by atoms with Crippen molar-refractivity contribution in [2.45, 2.75) is 24.3 Å². The quantitative estimate of drug-likeness (QED) is 0.846. The largest absolute Gasteiger partial charge is 0.352 e. The van der Waals surface area contributed by atoms with Gasteiger partial charge in [-0.25, -0.2) is 8.42 Å². The second kappa shape index (κ2) is 8.16. The zero-order valence-electron chi connectivity index (χ0n) is 14.1. The molecule has 1 aromatic heterocycles. The average Bonchev–Trinajstić information content (AvgIpc) is 2.67. The number of rotatable bonds is 5. The first kappa shape index (κ1) is 18.8. The molecule has 1 aromatic carbocycles. The van der Waals surface area contributed by atoms with Gasteiger partial charge >= 0.3 is 0 Å². The van der Waals surface area contributed by atoms with Gasteiger partial charge in [-0.05, 0) is 48.7 Å². The van der Waals surface area contributed by atoms with Crippen LogP contribution in [0.4, 0.5) is 0 Å². The number of pyridine rings is 1. The van der Waals surface area contributed by atoms with Crippen LogP contribution >= 0.6 is 11.6 Å². The first-order valence-electron chi connectivity index (χ1n) is 8.39. The minimum Gasteiger partial charge on any atom is -0.352 e. The summed E-state index contributed by atoms with van der Waals surface area (Å²) in [4.78, 5) is 16.5. The van der Waals surface area contributed by atoms with Crippen molar-refractivity contribution in [1.29, 1.82) is 0 Å². The van der Waals surface area contributed by atoms with Gasteiger partial charge in [0.25, 0.3) is 0 Å². The molecule has 1 N–H and O–H groups in total. The van der Waals surface area contributed by atoms with Gasteiger partial charge in [0.1, 0.15) is 0 Å². The maximum Gasteiger partial charge on any atom is 0.243 e. The highest BCUT2D eigenvalue weighted by Gasteiger charge is 2.32. The second-order valence-corrected chi connectivity index (χ2v) is 8.58. The molecule has 2 heterocycles. The number of carbonyl (C=O) groups is 1. The molecule has 0 spiro atoms. The molecule has 3 rings (SSSR count). The van der Waals surface area contributed by atoms with Crippen molar-refractivity contribution in [2.24, 2.45) is 5.92 Å². The van der Waals surface area contributed by atoms with Crippen molar-refractivity contribution >= 4 is 27.5 Å². The Morgan fingerprint density at radius 2 is 1.88 bits per heavy atom. The molecule has 0 bridgehead atoms. The Labute approximate surface area is 158 Å². The van der Waals surface area contributed by atoms with Crippen molar-refractivity contribution in [3.63, 3.8) is 0 Å². The smallest absolute Gasteiger partial charge is 0.243 e. The van der Waals surface area contributed by atoms with E-state index in [-0.39, 0.29) is 16.7 Å². The highest BCUT2D eigenvalue weighted by atomic mass is 35.5. The van der Waals surface area contributed by atoms with Gasteiger partial charge in [0.15, 0.2) is 0 Å². The second-order valence-electron chi connectivity index (χ2n) is 6.21. The number of sulfonamides is 1. The normalized spacial score (nSPS) is 16.3. The lowest BCUT2D eigenvalue weighted by Crippen LogP contribution is -2.42. The monoisotopic (exact) mass is 393 g/mol. The minimum atomic E-state index is -3.58. The molecule has 0 radical (unpaired) electrons. The molecular weight excluding hydrogens is 374 g/mol. The molecule has 0 unspecified atom stereocenters. The van der Waals surface area contributed by atoms with Crippen molar-refractivity contribution in [2.75, 3.05) is 13.1 Å². The summed E-state index contributed by atoms with van der Waals surface area (Å²) in [7, 11) is -3.58. The van der Waals surface area contributed by atoms with Crippen molar-refractivity contribution < 1.29 is 13.2 Å². The van der Waals surface area contributed by atoms with Crippen LogP contribution in [0.3, 0.4) is 0 Å². The summed E-state index contributed by atoms with van der Waals surface area (Å²) in [5.41, 5.74) is 0.981. The molecule has 6 nitrogen and oxygen atoms in total. The van der Waals surface area contributed by atoms with Crippen LogP contribution in [0.15, 0.2) is 53.7 Å². The average molecular weight is 394 g/mol. The summed E-state index contributed by atoms with van der Waals surface area (Å²) in [6, 6.07) is 9.94. The standard InChI is InChI=1S/C18H20ClN3O3S/c19-16-2-1-3-17(12-16)26(24,25)22-10-6-15(7-11-22)18(23)21-13-14-4-8-20-9-5-14/h1-5,8-9,12,15H,6-7,10-11,13H2,(H,21,23). The van der Waals surface area contributed by atoms with E-state index in [2.05, 4.69) is 10.3 Å². The number of nitrogens with one attached hydrogen (secondary N) is 1. The summed E-state index contributed by atoms with van der Waals surface area (Å²) in [6.07, 6.45) is 4.37. The first-order chi connectivity index (χ1) is 12.5. The maximum atomic E-state index is 12.7. The third-order valence-electron chi connectivity index (χ3n) is 4.47. The maximum absolute atomic E-state index is 12.7. The van der Waals surface area contributed by atoms with Crippen LogP contribution in [0.2, 0.25) is 5.02 Å². The van der Waals surface area contributed by atoms with E-state index in [9.17, 15) is 13.2 Å². The number of aromatic nitrogens is 1. The number of halogens is 1. The Kier molecular flexibility index (Phi) is 5.90.